The van der Waals surface area contributed by atoms with Crippen molar-refractivity contribution in [2.24, 2.45) is 0 Å². The summed E-state index contributed by atoms with van der Waals surface area (Å²) in [5, 5.41) is 3.54. The maximum Gasteiger partial charge on any atom is 0.287 e. The van der Waals surface area contributed by atoms with Crippen LogP contribution in [0.1, 0.15) is 28.8 Å². The maximum absolute atomic E-state index is 11.8. The largest absolute Gasteiger partial charge is 0.456 e. The molecule has 1 amide bonds. The quantitative estimate of drug-likeness (QED) is 0.909. The standard InChI is InChI=1S/C15H16ClNO2/c1-2-13-6-7-14(19-13)15(18)17-9-8-11-4-3-5-12(16)10-11/h3-7,10H,2,8-9H2,1H3,(H,17,18). The fourth-order valence-electron chi connectivity index (χ4n) is 1.79. The summed E-state index contributed by atoms with van der Waals surface area (Å²) < 4.78 is 5.38. The second-order valence-corrected chi connectivity index (χ2v) is 4.69. The van der Waals surface area contributed by atoms with Gasteiger partial charge in [0.1, 0.15) is 5.76 Å². The Morgan fingerprint density at radius 2 is 2.16 bits per heavy atom. The minimum Gasteiger partial charge on any atom is -0.456 e. The molecular formula is C15H16ClNO2. The first kappa shape index (κ1) is 13.7. The molecule has 1 aromatic carbocycles. The van der Waals surface area contributed by atoms with E-state index < -0.39 is 0 Å². The van der Waals surface area contributed by atoms with E-state index in [1.807, 2.05) is 37.3 Å². The minimum atomic E-state index is -0.179. The van der Waals surface area contributed by atoms with Crippen LogP contribution in [0.3, 0.4) is 0 Å². The zero-order chi connectivity index (χ0) is 13.7. The van der Waals surface area contributed by atoms with Gasteiger partial charge in [-0.2, -0.15) is 0 Å². The van der Waals surface area contributed by atoms with Crippen LogP contribution in [-0.2, 0) is 12.8 Å². The third kappa shape index (κ3) is 3.86. The lowest BCUT2D eigenvalue weighted by molar-refractivity contribution is 0.0925. The Morgan fingerprint density at radius 3 is 2.84 bits per heavy atom. The van der Waals surface area contributed by atoms with Crippen LogP contribution in [0.25, 0.3) is 0 Å². The van der Waals surface area contributed by atoms with Crippen molar-refractivity contribution in [3.63, 3.8) is 0 Å². The van der Waals surface area contributed by atoms with E-state index in [-0.39, 0.29) is 5.91 Å². The molecule has 4 heteroatoms. The van der Waals surface area contributed by atoms with Crippen LogP contribution < -0.4 is 5.32 Å². The van der Waals surface area contributed by atoms with E-state index in [1.165, 1.54) is 0 Å². The molecule has 0 aliphatic carbocycles. The highest BCUT2D eigenvalue weighted by Gasteiger charge is 2.09. The smallest absolute Gasteiger partial charge is 0.287 e. The van der Waals surface area contributed by atoms with E-state index in [4.69, 9.17) is 16.0 Å². The monoisotopic (exact) mass is 277 g/mol. The number of amides is 1. The number of carbonyl (C=O) groups excluding carboxylic acids is 1. The number of furan rings is 1. The Labute approximate surface area is 117 Å². The van der Waals surface area contributed by atoms with Crippen LogP contribution in [-0.4, -0.2) is 12.5 Å². The summed E-state index contributed by atoms with van der Waals surface area (Å²) in [7, 11) is 0. The molecule has 19 heavy (non-hydrogen) atoms. The van der Waals surface area contributed by atoms with Crippen molar-refractivity contribution in [2.45, 2.75) is 19.8 Å². The lowest BCUT2D eigenvalue weighted by Gasteiger charge is -2.04. The number of aryl methyl sites for hydroxylation is 1. The molecule has 3 nitrogen and oxygen atoms in total. The van der Waals surface area contributed by atoms with Gasteiger partial charge in [0.25, 0.3) is 5.91 Å². The van der Waals surface area contributed by atoms with E-state index in [1.54, 1.807) is 6.07 Å². The van der Waals surface area contributed by atoms with Crippen molar-refractivity contribution >= 4 is 17.5 Å². The summed E-state index contributed by atoms with van der Waals surface area (Å²) in [5.74, 6) is 1.00. The molecule has 1 aromatic heterocycles. The number of hydrogen-bond donors (Lipinski definition) is 1. The molecule has 0 aliphatic rings. The molecular weight excluding hydrogens is 262 g/mol. The van der Waals surface area contributed by atoms with Crippen molar-refractivity contribution in [1.82, 2.24) is 5.32 Å². The van der Waals surface area contributed by atoms with Gasteiger partial charge in [0.05, 0.1) is 0 Å². The zero-order valence-electron chi connectivity index (χ0n) is 10.8. The van der Waals surface area contributed by atoms with Gasteiger partial charge in [-0.05, 0) is 36.2 Å². The number of benzene rings is 1. The Morgan fingerprint density at radius 1 is 1.32 bits per heavy atom. The summed E-state index contributed by atoms with van der Waals surface area (Å²) in [6.45, 7) is 2.54. The first-order valence-corrected chi connectivity index (χ1v) is 6.68. The van der Waals surface area contributed by atoms with Gasteiger partial charge in [0.2, 0.25) is 0 Å². The molecule has 1 heterocycles. The van der Waals surface area contributed by atoms with Gasteiger partial charge in [0.15, 0.2) is 5.76 Å². The zero-order valence-corrected chi connectivity index (χ0v) is 11.5. The Balaban J connectivity index is 1.84. The van der Waals surface area contributed by atoms with Gasteiger partial charge in [-0.15, -0.1) is 0 Å². The predicted molar refractivity (Wildman–Crippen MR) is 75.6 cm³/mol. The van der Waals surface area contributed by atoms with Gasteiger partial charge >= 0.3 is 0 Å². The Bertz CT molecular complexity index is 563. The maximum atomic E-state index is 11.8. The third-order valence-corrected chi connectivity index (χ3v) is 3.06. The van der Waals surface area contributed by atoms with E-state index in [9.17, 15) is 4.79 Å². The summed E-state index contributed by atoms with van der Waals surface area (Å²) in [6, 6.07) is 11.1. The first-order valence-electron chi connectivity index (χ1n) is 6.30. The molecule has 2 aromatic rings. The van der Waals surface area contributed by atoms with Gasteiger partial charge in [-0.3, -0.25) is 4.79 Å². The number of rotatable bonds is 5. The molecule has 0 unspecified atom stereocenters. The van der Waals surface area contributed by atoms with Crippen molar-refractivity contribution < 1.29 is 9.21 Å². The van der Waals surface area contributed by atoms with Crippen LogP contribution in [0.4, 0.5) is 0 Å². The molecule has 100 valence electrons. The highest BCUT2D eigenvalue weighted by molar-refractivity contribution is 6.30. The van der Waals surface area contributed by atoms with Crippen LogP contribution >= 0.6 is 11.6 Å². The van der Waals surface area contributed by atoms with Crippen LogP contribution in [0.2, 0.25) is 5.02 Å². The molecule has 2 rings (SSSR count). The highest BCUT2D eigenvalue weighted by atomic mass is 35.5. The second-order valence-electron chi connectivity index (χ2n) is 4.26. The average Bonchev–Trinajstić information content (AvgIpc) is 2.87. The van der Waals surface area contributed by atoms with Crippen molar-refractivity contribution in [1.29, 1.82) is 0 Å². The van der Waals surface area contributed by atoms with Crippen LogP contribution in [0.5, 0.6) is 0 Å². The lowest BCUT2D eigenvalue weighted by Crippen LogP contribution is -2.25. The normalized spacial score (nSPS) is 10.4. The molecule has 1 N–H and O–H groups in total. The number of halogens is 1. The van der Waals surface area contributed by atoms with Crippen LogP contribution in [0, 0.1) is 0 Å². The molecule has 0 bridgehead atoms. The molecule has 0 fully saturated rings. The predicted octanol–water partition coefficient (Wildman–Crippen LogP) is 3.47. The number of carbonyl (C=O) groups is 1. The van der Waals surface area contributed by atoms with Gasteiger partial charge in [0, 0.05) is 18.0 Å². The van der Waals surface area contributed by atoms with Crippen molar-refractivity contribution in [3.8, 4) is 0 Å². The first-order chi connectivity index (χ1) is 9.19. The molecule has 0 aliphatic heterocycles. The highest BCUT2D eigenvalue weighted by Crippen LogP contribution is 2.11. The molecule has 0 saturated heterocycles. The van der Waals surface area contributed by atoms with E-state index in [0.29, 0.717) is 17.3 Å². The second kappa shape index (κ2) is 6.43. The van der Waals surface area contributed by atoms with Crippen molar-refractivity contribution in [3.05, 3.63) is 58.5 Å². The molecule has 0 spiro atoms. The van der Waals surface area contributed by atoms with Crippen molar-refractivity contribution in [2.75, 3.05) is 6.54 Å². The Kier molecular flexibility index (Phi) is 4.63. The average molecular weight is 278 g/mol. The fourth-order valence-corrected chi connectivity index (χ4v) is 2.00. The third-order valence-electron chi connectivity index (χ3n) is 2.82. The van der Waals surface area contributed by atoms with Gasteiger partial charge < -0.3 is 9.73 Å². The Hall–Kier alpha value is -1.74. The lowest BCUT2D eigenvalue weighted by atomic mass is 10.1. The summed E-state index contributed by atoms with van der Waals surface area (Å²) in [5.41, 5.74) is 1.10. The summed E-state index contributed by atoms with van der Waals surface area (Å²) in [4.78, 5) is 11.8. The van der Waals surface area contributed by atoms with E-state index in [0.717, 1.165) is 24.2 Å². The van der Waals surface area contributed by atoms with E-state index in [2.05, 4.69) is 5.32 Å². The van der Waals surface area contributed by atoms with Gasteiger partial charge in [-0.1, -0.05) is 30.7 Å². The number of nitrogens with one attached hydrogen (secondary N) is 1. The molecule has 0 radical (unpaired) electrons. The van der Waals surface area contributed by atoms with E-state index >= 15 is 0 Å². The minimum absolute atomic E-state index is 0.179. The SMILES string of the molecule is CCc1ccc(C(=O)NCCc2cccc(Cl)c2)o1. The fraction of sp³-hybridized carbons (Fsp3) is 0.267. The van der Waals surface area contributed by atoms with Crippen LogP contribution in [0.15, 0.2) is 40.8 Å². The topological polar surface area (TPSA) is 42.2 Å². The van der Waals surface area contributed by atoms with Gasteiger partial charge in [-0.25, -0.2) is 0 Å². The molecule has 0 saturated carbocycles. The number of hydrogen-bond acceptors (Lipinski definition) is 2. The summed E-state index contributed by atoms with van der Waals surface area (Å²) >= 11 is 5.90. The summed E-state index contributed by atoms with van der Waals surface area (Å²) in [6.07, 6.45) is 1.53. The molecule has 0 atom stereocenters.